The van der Waals surface area contributed by atoms with Crippen LogP contribution in [0.2, 0.25) is 0 Å². The zero-order valence-electron chi connectivity index (χ0n) is 10.5. The molecule has 1 unspecified atom stereocenters. The molecule has 0 saturated heterocycles. The topological polar surface area (TPSA) is 25.0 Å². The highest BCUT2D eigenvalue weighted by Gasteiger charge is 2.16. The molecule has 1 aromatic carbocycles. The summed E-state index contributed by atoms with van der Waals surface area (Å²) in [5.41, 5.74) is 3.99. The quantitative estimate of drug-likeness (QED) is 0.827. The molecule has 0 spiro atoms. The fraction of sp³-hybridized carbons (Fsp3) is 0.467. The van der Waals surface area contributed by atoms with Gasteiger partial charge in [0.15, 0.2) is 0 Å². The Bertz CT molecular complexity index is 541. The molecule has 2 nitrogen and oxygen atoms in total. The minimum atomic E-state index is 0.600. The summed E-state index contributed by atoms with van der Waals surface area (Å²) >= 11 is 0. The Morgan fingerprint density at radius 1 is 1.41 bits per heavy atom. The molecule has 0 aliphatic carbocycles. The monoisotopic (exact) mass is 229 g/mol. The third-order valence-corrected chi connectivity index (χ3v) is 3.86. The second-order valence-corrected chi connectivity index (χ2v) is 4.99. The predicted molar refractivity (Wildman–Crippen MR) is 70.8 cm³/mol. The maximum atomic E-state index is 5.71. The van der Waals surface area contributed by atoms with Crippen LogP contribution < -0.4 is 4.74 Å². The minimum Gasteiger partial charge on any atom is -0.493 e. The second-order valence-electron chi connectivity index (χ2n) is 4.99. The lowest BCUT2D eigenvalue weighted by Crippen LogP contribution is -2.08. The zero-order valence-corrected chi connectivity index (χ0v) is 10.5. The van der Waals surface area contributed by atoms with E-state index in [1.165, 1.54) is 28.6 Å². The van der Waals surface area contributed by atoms with Gasteiger partial charge in [-0.2, -0.15) is 0 Å². The van der Waals surface area contributed by atoms with Crippen molar-refractivity contribution in [1.82, 2.24) is 4.98 Å². The molecule has 0 amide bonds. The molecule has 1 aliphatic heterocycles. The van der Waals surface area contributed by atoms with E-state index in [9.17, 15) is 0 Å². The van der Waals surface area contributed by atoms with Gasteiger partial charge in [0.1, 0.15) is 5.75 Å². The average molecular weight is 229 g/mol. The van der Waals surface area contributed by atoms with Crippen molar-refractivity contribution in [3.8, 4) is 5.75 Å². The van der Waals surface area contributed by atoms with Gasteiger partial charge in [0.2, 0.25) is 0 Å². The minimum absolute atomic E-state index is 0.600. The summed E-state index contributed by atoms with van der Waals surface area (Å²) in [5, 5.41) is 1.36. The summed E-state index contributed by atoms with van der Waals surface area (Å²) in [5.74, 6) is 1.68. The van der Waals surface area contributed by atoms with Gasteiger partial charge < -0.3 is 9.72 Å². The predicted octanol–water partition coefficient (Wildman–Crippen LogP) is 4.01. The molecule has 17 heavy (non-hydrogen) atoms. The molecular weight excluding hydrogens is 210 g/mol. The fourth-order valence-corrected chi connectivity index (χ4v) is 2.58. The lowest BCUT2D eigenvalue weighted by atomic mass is 10.0. The molecule has 1 aliphatic rings. The first-order valence-corrected chi connectivity index (χ1v) is 6.57. The summed E-state index contributed by atoms with van der Waals surface area (Å²) in [6.07, 6.45) is 3.45. The number of hydrogen-bond donors (Lipinski definition) is 1. The summed E-state index contributed by atoms with van der Waals surface area (Å²) in [6.45, 7) is 5.36. The van der Waals surface area contributed by atoms with Crippen LogP contribution >= 0.6 is 0 Å². The van der Waals surface area contributed by atoms with Crippen molar-refractivity contribution in [1.29, 1.82) is 0 Å². The van der Waals surface area contributed by atoms with Crippen LogP contribution in [-0.2, 0) is 6.42 Å². The number of aromatic nitrogens is 1. The number of benzene rings is 1. The molecule has 2 heteroatoms. The van der Waals surface area contributed by atoms with Crippen LogP contribution in [0.5, 0.6) is 5.75 Å². The molecule has 0 bridgehead atoms. The average Bonchev–Trinajstić information content (AvgIpc) is 2.82. The molecule has 2 heterocycles. The largest absolute Gasteiger partial charge is 0.493 e. The number of hydrogen-bond acceptors (Lipinski definition) is 1. The van der Waals surface area contributed by atoms with Crippen molar-refractivity contribution >= 4 is 10.9 Å². The molecule has 1 aromatic heterocycles. The van der Waals surface area contributed by atoms with Crippen molar-refractivity contribution in [3.05, 3.63) is 29.5 Å². The Kier molecular flexibility index (Phi) is 2.58. The van der Waals surface area contributed by atoms with Crippen molar-refractivity contribution in [2.75, 3.05) is 6.61 Å². The molecule has 0 saturated carbocycles. The van der Waals surface area contributed by atoms with Crippen LogP contribution in [0.25, 0.3) is 10.9 Å². The number of ether oxygens (including phenoxy) is 1. The third kappa shape index (κ3) is 1.72. The van der Waals surface area contributed by atoms with Gasteiger partial charge in [-0.15, -0.1) is 0 Å². The normalized spacial score (nSPS) is 16.6. The summed E-state index contributed by atoms with van der Waals surface area (Å²) in [6, 6.07) is 6.57. The van der Waals surface area contributed by atoms with Gasteiger partial charge in [-0.05, 0) is 43.4 Å². The highest BCUT2D eigenvalue weighted by atomic mass is 16.5. The maximum Gasteiger partial charge on any atom is 0.123 e. The van der Waals surface area contributed by atoms with Gasteiger partial charge in [0, 0.05) is 22.2 Å². The number of aromatic amines is 1. The molecule has 1 N–H and O–H groups in total. The van der Waals surface area contributed by atoms with Gasteiger partial charge in [-0.25, -0.2) is 0 Å². The summed E-state index contributed by atoms with van der Waals surface area (Å²) in [4.78, 5) is 3.54. The molecule has 3 rings (SSSR count). The Morgan fingerprint density at radius 3 is 3.12 bits per heavy atom. The lowest BCUT2D eigenvalue weighted by Gasteiger charge is -2.17. The highest BCUT2D eigenvalue weighted by Crippen LogP contribution is 2.34. The van der Waals surface area contributed by atoms with E-state index in [4.69, 9.17) is 4.74 Å². The van der Waals surface area contributed by atoms with Crippen molar-refractivity contribution in [2.45, 2.75) is 39.0 Å². The molecular formula is C15H19NO. The van der Waals surface area contributed by atoms with E-state index in [0.717, 1.165) is 25.2 Å². The Labute approximate surface area is 102 Å². The number of fused-ring (bicyclic) bond motifs is 3. The van der Waals surface area contributed by atoms with Crippen LogP contribution in [0.1, 0.15) is 43.9 Å². The first kappa shape index (κ1) is 10.7. The van der Waals surface area contributed by atoms with Crippen LogP contribution in [0.15, 0.2) is 18.2 Å². The first-order chi connectivity index (χ1) is 8.29. The molecule has 0 fully saturated rings. The molecule has 90 valence electrons. The number of rotatable bonds is 2. The number of H-pyrrole nitrogens is 1. The van der Waals surface area contributed by atoms with E-state index < -0.39 is 0 Å². The molecule has 0 radical (unpaired) electrons. The van der Waals surface area contributed by atoms with Crippen LogP contribution in [0.3, 0.4) is 0 Å². The number of nitrogens with one attached hydrogen (secondary N) is 1. The zero-order chi connectivity index (χ0) is 11.8. The van der Waals surface area contributed by atoms with Gasteiger partial charge in [-0.3, -0.25) is 0 Å². The summed E-state index contributed by atoms with van der Waals surface area (Å²) < 4.78 is 5.71. The van der Waals surface area contributed by atoms with Crippen molar-refractivity contribution in [3.63, 3.8) is 0 Å². The number of aryl methyl sites for hydroxylation is 1. The van der Waals surface area contributed by atoms with Crippen LogP contribution in [0.4, 0.5) is 0 Å². The van der Waals surface area contributed by atoms with Gasteiger partial charge in [0.25, 0.3) is 0 Å². The van der Waals surface area contributed by atoms with E-state index in [-0.39, 0.29) is 0 Å². The standard InChI is InChI=1S/C15H19NO/c1-3-10(2)14-9-12-11-5-4-8-17-15(11)7-6-13(12)16-14/h6-7,9-10,16H,3-5,8H2,1-2H3. The fourth-order valence-electron chi connectivity index (χ4n) is 2.58. The third-order valence-electron chi connectivity index (χ3n) is 3.86. The molecule has 2 aromatic rings. The van der Waals surface area contributed by atoms with Crippen LogP contribution in [-0.4, -0.2) is 11.6 Å². The lowest BCUT2D eigenvalue weighted by molar-refractivity contribution is 0.289. The van der Waals surface area contributed by atoms with Gasteiger partial charge in [-0.1, -0.05) is 13.8 Å². The van der Waals surface area contributed by atoms with Gasteiger partial charge >= 0.3 is 0 Å². The Hall–Kier alpha value is -1.44. The SMILES string of the molecule is CCC(C)c1cc2c3c(ccc2[nH]1)OCCC3. The maximum absolute atomic E-state index is 5.71. The van der Waals surface area contributed by atoms with Crippen molar-refractivity contribution < 1.29 is 4.74 Å². The highest BCUT2D eigenvalue weighted by molar-refractivity contribution is 5.86. The smallest absolute Gasteiger partial charge is 0.123 e. The van der Waals surface area contributed by atoms with E-state index in [0.29, 0.717) is 5.92 Å². The van der Waals surface area contributed by atoms with Gasteiger partial charge in [0.05, 0.1) is 6.61 Å². The van der Waals surface area contributed by atoms with Crippen LogP contribution in [0, 0.1) is 0 Å². The second kappa shape index (κ2) is 4.10. The molecule has 1 atom stereocenters. The first-order valence-electron chi connectivity index (χ1n) is 6.57. The van der Waals surface area contributed by atoms with E-state index in [2.05, 4.69) is 37.0 Å². The van der Waals surface area contributed by atoms with Crippen molar-refractivity contribution in [2.24, 2.45) is 0 Å². The van der Waals surface area contributed by atoms with E-state index in [1.54, 1.807) is 0 Å². The van der Waals surface area contributed by atoms with E-state index in [1.807, 2.05) is 0 Å². The Balaban J connectivity index is 2.15. The van der Waals surface area contributed by atoms with E-state index >= 15 is 0 Å². The Morgan fingerprint density at radius 2 is 2.29 bits per heavy atom. The summed E-state index contributed by atoms with van der Waals surface area (Å²) in [7, 11) is 0.